The molecule has 2 rings (SSSR count). The fourth-order valence-electron chi connectivity index (χ4n) is 2.70. The third kappa shape index (κ3) is 3.48. The van der Waals surface area contributed by atoms with E-state index in [2.05, 4.69) is 11.8 Å². The summed E-state index contributed by atoms with van der Waals surface area (Å²) in [5.74, 6) is -1.91. The third-order valence-electron chi connectivity index (χ3n) is 3.98. The van der Waals surface area contributed by atoms with Crippen LogP contribution in [0.1, 0.15) is 26.2 Å². The predicted molar refractivity (Wildman–Crippen MR) is 81.6 cm³/mol. The van der Waals surface area contributed by atoms with Crippen molar-refractivity contribution in [1.82, 2.24) is 0 Å². The Morgan fingerprint density at radius 3 is 2.59 bits per heavy atom. The van der Waals surface area contributed by atoms with E-state index in [1.54, 1.807) is 6.07 Å². The van der Waals surface area contributed by atoms with Crippen molar-refractivity contribution in [2.75, 3.05) is 23.4 Å². The van der Waals surface area contributed by atoms with E-state index < -0.39 is 12.1 Å². The Balaban J connectivity index is 2.24. The van der Waals surface area contributed by atoms with Crippen LogP contribution < -0.4 is 9.80 Å². The summed E-state index contributed by atoms with van der Waals surface area (Å²) in [6, 6.07) is 4.92. The van der Waals surface area contributed by atoms with Crippen LogP contribution in [0.15, 0.2) is 18.2 Å². The maximum atomic E-state index is 12.5. The van der Waals surface area contributed by atoms with Crippen molar-refractivity contribution in [3.8, 4) is 0 Å². The first kappa shape index (κ1) is 16.9. The van der Waals surface area contributed by atoms with Gasteiger partial charge < -0.3 is 9.80 Å². The molecule has 122 valence electrons. The van der Waals surface area contributed by atoms with Crippen LogP contribution in [-0.4, -0.2) is 31.7 Å². The molecule has 0 saturated carbocycles. The standard InChI is InChI=1S/C15H18ClF3N2O/c1-10-5-3-4-8-21(10)13-7-6-11(9-12(13)16)20(2)14(22)15(17,18)19/h6-7,9-10H,3-5,8H2,1-2H3/t10-/m0/s1. The number of hydrogen-bond acceptors (Lipinski definition) is 2. The van der Waals surface area contributed by atoms with Crippen molar-refractivity contribution < 1.29 is 18.0 Å². The predicted octanol–water partition coefficient (Wildman–Crippen LogP) is 4.24. The Kier molecular flexibility index (Phi) is 4.90. The third-order valence-corrected chi connectivity index (χ3v) is 4.28. The molecular formula is C15H18ClF3N2O. The molecule has 0 N–H and O–H groups in total. The van der Waals surface area contributed by atoms with Crippen molar-refractivity contribution in [1.29, 1.82) is 0 Å². The second-order valence-electron chi connectivity index (χ2n) is 5.54. The van der Waals surface area contributed by atoms with E-state index in [4.69, 9.17) is 11.6 Å². The minimum atomic E-state index is -4.90. The molecule has 1 aromatic rings. The monoisotopic (exact) mass is 334 g/mol. The molecule has 1 amide bonds. The molecule has 0 spiro atoms. The fourth-order valence-corrected chi connectivity index (χ4v) is 2.98. The molecule has 3 nitrogen and oxygen atoms in total. The molecule has 0 aliphatic carbocycles. The number of nitrogens with zero attached hydrogens (tertiary/aromatic N) is 2. The van der Waals surface area contributed by atoms with Gasteiger partial charge in [0, 0.05) is 25.3 Å². The normalized spacial score (nSPS) is 19.2. The molecule has 1 aliphatic heterocycles. The number of amides is 1. The number of halogens is 4. The summed E-state index contributed by atoms with van der Waals surface area (Å²) in [4.78, 5) is 14.0. The van der Waals surface area contributed by atoms with Gasteiger partial charge in [-0.1, -0.05) is 11.6 Å². The molecule has 1 fully saturated rings. The van der Waals surface area contributed by atoms with Gasteiger partial charge in [0.2, 0.25) is 0 Å². The zero-order valence-corrected chi connectivity index (χ0v) is 13.2. The van der Waals surface area contributed by atoms with Crippen LogP contribution in [0.4, 0.5) is 24.5 Å². The zero-order valence-electron chi connectivity index (χ0n) is 12.5. The van der Waals surface area contributed by atoms with Crippen LogP contribution in [0, 0.1) is 0 Å². The lowest BCUT2D eigenvalue weighted by molar-refractivity contribution is -0.170. The fraction of sp³-hybridized carbons (Fsp3) is 0.533. The average Bonchev–Trinajstić information content (AvgIpc) is 2.45. The van der Waals surface area contributed by atoms with E-state index in [1.165, 1.54) is 12.1 Å². The van der Waals surface area contributed by atoms with Crippen LogP contribution >= 0.6 is 11.6 Å². The lowest BCUT2D eigenvalue weighted by atomic mass is 10.0. The summed E-state index contributed by atoms with van der Waals surface area (Å²) < 4.78 is 37.4. The number of carbonyl (C=O) groups excluding carboxylic acids is 1. The lowest BCUT2D eigenvalue weighted by Crippen LogP contribution is -2.39. The van der Waals surface area contributed by atoms with Gasteiger partial charge in [0.15, 0.2) is 0 Å². The van der Waals surface area contributed by atoms with Crippen molar-refractivity contribution in [2.45, 2.75) is 38.4 Å². The van der Waals surface area contributed by atoms with E-state index >= 15 is 0 Å². The second kappa shape index (κ2) is 6.36. The van der Waals surface area contributed by atoms with Crippen LogP contribution in [0.3, 0.4) is 0 Å². The highest BCUT2D eigenvalue weighted by Crippen LogP contribution is 2.34. The van der Waals surface area contributed by atoms with Gasteiger partial charge in [-0.3, -0.25) is 4.79 Å². The van der Waals surface area contributed by atoms with Crippen LogP contribution in [-0.2, 0) is 4.79 Å². The molecule has 1 atom stereocenters. The lowest BCUT2D eigenvalue weighted by Gasteiger charge is -2.36. The molecule has 0 aromatic heterocycles. The van der Waals surface area contributed by atoms with Gasteiger partial charge >= 0.3 is 12.1 Å². The quantitative estimate of drug-likeness (QED) is 0.807. The molecule has 0 unspecified atom stereocenters. The number of alkyl halides is 3. The number of anilines is 2. The van der Waals surface area contributed by atoms with E-state index in [1.807, 2.05) is 0 Å². The highest BCUT2D eigenvalue weighted by Gasteiger charge is 2.41. The average molecular weight is 335 g/mol. The molecule has 1 aliphatic rings. The van der Waals surface area contributed by atoms with Gasteiger partial charge in [-0.05, 0) is 44.4 Å². The largest absolute Gasteiger partial charge is 0.471 e. The Hall–Kier alpha value is -1.43. The molecule has 1 heterocycles. The molecule has 1 saturated heterocycles. The van der Waals surface area contributed by atoms with Gasteiger partial charge in [-0.25, -0.2) is 0 Å². The summed E-state index contributed by atoms with van der Waals surface area (Å²) >= 11 is 6.23. The Morgan fingerprint density at radius 2 is 2.05 bits per heavy atom. The zero-order chi connectivity index (χ0) is 16.5. The van der Waals surface area contributed by atoms with Crippen LogP contribution in [0.25, 0.3) is 0 Å². The first-order valence-corrected chi connectivity index (χ1v) is 7.50. The number of piperidine rings is 1. The van der Waals surface area contributed by atoms with E-state index in [9.17, 15) is 18.0 Å². The molecule has 0 bridgehead atoms. The van der Waals surface area contributed by atoms with Crippen LogP contribution in [0.2, 0.25) is 5.02 Å². The van der Waals surface area contributed by atoms with E-state index in [0.717, 1.165) is 38.5 Å². The van der Waals surface area contributed by atoms with Crippen molar-refractivity contribution in [3.05, 3.63) is 23.2 Å². The maximum Gasteiger partial charge on any atom is 0.471 e. The Morgan fingerprint density at radius 1 is 1.36 bits per heavy atom. The molecule has 22 heavy (non-hydrogen) atoms. The number of rotatable bonds is 2. The highest BCUT2D eigenvalue weighted by atomic mass is 35.5. The summed E-state index contributed by atoms with van der Waals surface area (Å²) in [6.07, 6.45) is -1.61. The van der Waals surface area contributed by atoms with E-state index in [0.29, 0.717) is 16.0 Å². The number of carbonyl (C=O) groups is 1. The second-order valence-corrected chi connectivity index (χ2v) is 5.94. The first-order valence-electron chi connectivity index (χ1n) is 7.13. The Labute approximate surface area is 132 Å². The summed E-state index contributed by atoms with van der Waals surface area (Å²) in [5, 5.41) is 0.355. The summed E-state index contributed by atoms with van der Waals surface area (Å²) in [5.41, 5.74) is 0.922. The minimum Gasteiger partial charge on any atom is -0.368 e. The van der Waals surface area contributed by atoms with Gasteiger partial charge in [0.25, 0.3) is 0 Å². The number of hydrogen-bond donors (Lipinski definition) is 0. The van der Waals surface area contributed by atoms with Gasteiger partial charge in [-0.2, -0.15) is 13.2 Å². The van der Waals surface area contributed by atoms with Gasteiger partial charge in [0.1, 0.15) is 0 Å². The van der Waals surface area contributed by atoms with E-state index in [-0.39, 0.29) is 5.69 Å². The van der Waals surface area contributed by atoms with Crippen molar-refractivity contribution >= 4 is 28.9 Å². The van der Waals surface area contributed by atoms with Crippen LogP contribution in [0.5, 0.6) is 0 Å². The molecule has 1 aromatic carbocycles. The smallest absolute Gasteiger partial charge is 0.368 e. The maximum absolute atomic E-state index is 12.5. The highest BCUT2D eigenvalue weighted by molar-refractivity contribution is 6.33. The summed E-state index contributed by atoms with van der Waals surface area (Å²) in [7, 11) is 1.09. The molecular weight excluding hydrogens is 317 g/mol. The van der Waals surface area contributed by atoms with Crippen molar-refractivity contribution in [3.63, 3.8) is 0 Å². The topological polar surface area (TPSA) is 23.6 Å². The molecule has 0 radical (unpaired) electrons. The first-order chi connectivity index (χ1) is 10.2. The molecule has 7 heteroatoms. The number of benzene rings is 1. The Bertz CT molecular complexity index is 562. The summed E-state index contributed by atoms with van der Waals surface area (Å²) in [6.45, 7) is 2.97. The van der Waals surface area contributed by atoms with Crippen molar-refractivity contribution in [2.24, 2.45) is 0 Å². The van der Waals surface area contributed by atoms with Gasteiger partial charge in [0.05, 0.1) is 10.7 Å². The SMILES string of the molecule is C[C@H]1CCCCN1c1ccc(N(C)C(=O)C(F)(F)F)cc1Cl. The van der Waals surface area contributed by atoms with Gasteiger partial charge in [-0.15, -0.1) is 0 Å². The minimum absolute atomic E-state index is 0.126.